The van der Waals surface area contributed by atoms with Crippen molar-refractivity contribution in [1.29, 1.82) is 0 Å². The Labute approximate surface area is 95.1 Å². The van der Waals surface area contributed by atoms with Crippen molar-refractivity contribution in [2.75, 3.05) is 6.54 Å². The molecule has 0 amide bonds. The third kappa shape index (κ3) is 1.97. The highest BCUT2D eigenvalue weighted by atomic mass is 15.3. The Bertz CT molecular complexity index is 475. The lowest BCUT2D eigenvalue weighted by Crippen LogP contribution is -2.18. The summed E-state index contributed by atoms with van der Waals surface area (Å²) >= 11 is 0. The first-order valence-corrected chi connectivity index (χ1v) is 5.33. The van der Waals surface area contributed by atoms with E-state index in [-0.39, 0.29) is 5.92 Å². The molecule has 0 saturated heterocycles. The average molecular weight is 216 g/mol. The van der Waals surface area contributed by atoms with Crippen molar-refractivity contribution in [3.63, 3.8) is 0 Å². The molecule has 4 nitrogen and oxygen atoms in total. The van der Waals surface area contributed by atoms with Gasteiger partial charge in [-0.1, -0.05) is 29.8 Å². The maximum atomic E-state index is 5.83. The molecule has 1 aromatic carbocycles. The van der Waals surface area contributed by atoms with Crippen LogP contribution in [0.15, 0.2) is 30.6 Å². The minimum atomic E-state index is 0.118. The molecule has 0 spiro atoms. The van der Waals surface area contributed by atoms with Gasteiger partial charge in [-0.2, -0.15) is 5.10 Å². The first kappa shape index (κ1) is 10.8. The number of nitrogens with two attached hydrogens (primary N) is 1. The lowest BCUT2D eigenvalue weighted by Gasteiger charge is -2.14. The lowest BCUT2D eigenvalue weighted by atomic mass is 9.97. The Hall–Kier alpha value is -1.68. The summed E-state index contributed by atoms with van der Waals surface area (Å²) in [5, 5.41) is 4.08. The highest BCUT2D eigenvalue weighted by Crippen LogP contribution is 2.21. The molecule has 1 unspecified atom stereocenters. The number of benzene rings is 1. The van der Waals surface area contributed by atoms with Gasteiger partial charge in [0.1, 0.15) is 12.2 Å². The Morgan fingerprint density at radius 3 is 2.81 bits per heavy atom. The molecule has 1 heterocycles. The Morgan fingerprint density at radius 2 is 2.25 bits per heavy atom. The van der Waals surface area contributed by atoms with Crippen LogP contribution in [0.1, 0.15) is 22.9 Å². The zero-order valence-corrected chi connectivity index (χ0v) is 9.59. The number of aromatic nitrogens is 3. The monoisotopic (exact) mass is 216 g/mol. The van der Waals surface area contributed by atoms with E-state index in [1.165, 1.54) is 11.1 Å². The first-order chi connectivity index (χ1) is 7.72. The molecule has 0 radical (unpaired) electrons. The first-order valence-electron chi connectivity index (χ1n) is 5.33. The van der Waals surface area contributed by atoms with E-state index >= 15 is 0 Å². The fourth-order valence-electron chi connectivity index (χ4n) is 1.90. The maximum Gasteiger partial charge on any atom is 0.138 e. The average Bonchev–Trinajstić information content (AvgIpc) is 2.67. The summed E-state index contributed by atoms with van der Waals surface area (Å²) in [5.41, 5.74) is 8.26. The second kappa shape index (κ2) is 4.45. The van der Waals surface area contributed by atoms with Crippen LogP contribution in [0.5, 0.6) is 0 Å². The SMILES string of the molecule is Cc1cccc(C(CN)c2ncnn2C)c1. The Kier molecular flexibility index (Phi) is 3.01. The van der Waals surface area contributed by atoms with Gasteiger partial charge in [0.05, 0.1) is 5.92 Å². The Morgan fingerprint density at radius 1 is 1.44 bits per heavy atom. The minimum absolute atomic E-state index is 0.118. The predicted molar refractivity (Wildman–Crippen MR) is 63.1 cm³/mol. The number of hydrogen-bond donors (Lipinski definition) is 1. The molecular weight excluding hydrogens is 200 g/mol. The summed E-state index contributed by atoms with van der Waals surface area (Å²) in [6.45, 7) is 2.61. The van der Waals surface area contributed by atoms with Crippen LogP contribution in [-0.2, 0) is 7.05 Å². The van der Waals surface area contributed by atoms with Crippen LogP contribution in [0, 0.1) is 6.92 Å². The van der Waals surface area contributed by atoms with Gasteiger partial charge >= 0.3 is 0 Å². The van der Waals surface area contributed by atoms with E-state index in [1.807, 2.05) is 13.1 Å². The van der Waals surface area contributed by atoms with E-state index in [9.17, 15) is 0 Å². The van der Waals surface area contributed by atoms with Crippen LogP contribution >= 0.6 is 0 Å². The van der Waals surface area contributed by atoms with Gasteiger partial charge in [0, 0.05) is 13.6 Å². The van der Waals surface area contributed by atoms with Crippen molar-refractivity contribution in [2.45, 2.75) is 12.8 Å². The molecular formula is C12H16N4. The van der Waals surface area contributed by atoms with E-state index in [0.717, 1.165) is 5.82 Å². The molecule has 2 N–H and O–H groups in total. The molecule has 84 valence electrons. The quantitative estimate of drug-likeness (QED) is 0.839. The van der Waals surface area contributed by atoms with Gasteiger partial charge in [-0.15, -0.1) is 0 Å². The molecule has 0 aliphatic heterocycles. The van der Waals surface area contributed by atoms with Gasteiger partial charge in [0.25, 0.3) is 0 Å². The summed E-state index contributed by atoms with van der Waals surface area (Å²) in [4.78, 5) is 4.26. The van der Waals surface area contributed by atoms with Gasteiger partial charge in [0.15, 0.2) is 0 Å². The smallest absolute Gasteiger partial charge is 0.138 e. The number of nitrogens with zero attached hydrogens (tertiary/aromatic N) is 3. The minimum Gasteiger partial charge on any atom is -0.329 e. The van der Waals surface area contributed by atoms with Crippen LogP contribution in [0.4, 0.5) is 0 Å². The number of rotatable bonds is 3. The molecule has 0 aliphatic carbocycles. The zero-order valence-electron chi connectivity index (χ0n) is 9.59. The van der Waals surface area contributed by atoms with Crippen molar-refractivity contribution < 1.29 is 0 Å². The fraction of sp³-hybridized carbons (Fsp3) is 0.333. The van der Waals surface area contributed by atoms with Crippen molar-refractivity contribution >= 4 is 0 Å². The van der Waals surface area contributed by atoms with Crippen LogP contribution in [0.25, 0.3) is 0 Å². The zero-order chi connectivity index (χ0) is 11.5. The van der Waals surface area contributed by atoms with Crippen LogP contribution in [-0.4, -0.2) is 21.3 Å². The third-order valence-electron chi connectivity index (χ3n) is 2.74. The van der Waals surface area contributed by atoms with Gasteiger partial charge in [-0.3, -0.25) is 4.68 Å². The molecule has 1 aromatic heterocycles. The van der Waals surface area contributed by atoms with Crippen molar-refractivity contribution in [1.82, 2.24) is 14.8 Å². The molecule has 0 bridgehead atoms. The highest BCUT2D eigenvalue weighted by Gasteiger charge is 2.17. The van der Waals surface area contributed by atoms with E-state index < -0.39 is 0 Å². The lowest BCUT2D eigenvalue weighted by molar-refractivity contribution is 0.649. The van der Waals surface area contributed by atoms with Crippen molar-refractivity contribution in [3.8, 4) is 0 Å². The largest absolute Gasteiger partial charge is 0.329 e. The fourth-order valence-corrected chi connectivity index (χ4v) is 1.90. The van der Waals surface area contributed by atoms with Crippen molar-refractivity contribution in [3.05, 3.63) is 47.5 Å². The van der Waals surface area contributed by atoms with Crippen LogP contribution in [0.2, 0.25) is 0 Å². The normalized spacial score (nSPS) is 12.7. The second-order valence-electron chi connectivity index (χ2n) is 3.94. The molecule has 16 heavy (non-hydrogen) atoms. The summed E-state index contributed by atoms with van der Waals surface area (Å²) in [6, 6.07) is 8.35. The maximum absolute atomic E-state index is 5.83. The summed E-state index contributed by atoms with van der Waals surface area (Å²) in [7, 11) is 1.89. The van der Waals surface area contributed by atoms with E-state index in [0.29, 0.717) is 6.54 Å². The summed E-state index contributed by atoms with van der Waals surface area (Å²) in [5.74, 6) is 1.03. The van der Waals surface area contributed by atoms with E-state index in [4.69, 9.17) is 5.73 Å². The molecule has 0 fully saturated rings. The van der Waals surface area contributed by atoms with Crippen LogP contribution < -0.4 is 5.73 Å². The van der Waals surface area contributed by atoms with Gasteiger partial charge < -0.3 is 5.73 Å². The molecule has 4 heteroatoms. The molecule has 0 saturated carbocycles. The molecule has 2 rings (SSSR count). The molecule has 0 aliphatic rings. The molecule has 2 aromatic rings. The van der Waals surface area contributed by atoms with Gasteiger partial charge in [0.2, 0.25) is 0 Å². The van der Waals surface area contributed by atoms with E-state index in [1.54, 1.807) is 11.0 Å². The van der Waals surface area contributed by atoms with Crippen LogP contribution in [0.3, 0.4) is 0 Å². The van der Waals surface area contributed by atoms with Gasteiger partial charge in [-0.05, 0) is 12.5 Å². The highest BCUT2D eigenvalue weighted by molar-refractivity contribution is 5.29. The van der Waals surface area contributed by atoms with E-state index in [2.05, 4.69) is 35.2 Å². The second-order valence-corrected chi connectivity index (χ2v) is 3.94. The third-order valence-corrected chi connectivity index (χ3v) is 2.74. The summed E-state index contributed by atoms with van der Waals surface area (Å²) < 4.78 is 1.78. The van der Waals surface area contributed by atoms with Crippen molar-refractivity contribution in [2.24, 2.45) is 12.8 Å². The topological polar surface area (TPSA) is 56.7 Å². The predicted octanol–water partition coefficient (Wildman–Crippen LogP) is 1.21. The Balaban J connectivity index is 2.40. The number of aryl methyl sites for hydroxylation is 2. The summed E-state index contributed by atoms with van der Waals surface area (Å²) in [6.07, 6.45) is 1.56. The number of hydrogen-bond acceptors (Lipinski definition) is 3. The standard InChI is InChI=1S/C12H16N4/c1-9-4-3-5-10(6-9)11(7-13)12-14-8-15-16(12)2/h3-6,8,11H,7,13H2,1-2H3. The van der Waals surface area contributed by atoms with Gasteiger partial charge in [-0.25, -0.2) is 4.98 Å². The molecule has 1 atom stereocenters.